The van der Waals surface area contributed by atoms with Crippen molar-refractivity contribution in [3.63, 3.8) is 0 Å². The molecule has 1 unspecified atom stereocenters. The van der Waals surface area contributed by atoms with E-state index in [-0.39, 0.29) is 5.92 Å². The van der Waals surface area contributed by atoms with Crippen molar-refractivity contribution < 1.29 is 4.79 Å². The average molecular weight is 226 g/mol. The number of benzene rings is 2. The van der Waals surface area contributed by atoms with Gasteiger partial charge in [-0.25, -0.2) is 0 Å². The van der Waals surface area contributed by atoms with Gasteiger partial charge < -0.3 is 0 Å². The van der Waals surface area contributed by atoms with Gasteiger partial charge in [-0.15, -0.1) is 0 Å². The van der Waals surface area contributed by atoms with Gasteiger partial charge in [0.1, 0.15) is 5.78 Å². The zero-order valence-corrected chi connectivity index (χ0v) is 10.4. The third-order valence-electron chi connectivity index (χ3n) is 3.41. The predicted molar refractivity (Wildman–Crippen MR) is 72.1 cm³/mol. The van der Waals surface area contributed by atoms with Crippen LogP contribution < -0.4 is 0 Å². The minimum Gasteiger partial charge on any atom is -0.299 e. The molecule has 0 bridgehead atoms. The fourth-order valence-electron chi connectivity index (χ4n) is 2.04. The minimum absolute atomic E-state index is 0.161. The molecule has 0 fully saturated rings. The Morgan fingerprint density at radius 2 is 1.82 bits per heavy atom. The lowest BCUT2D eigenvalue weighted by Crippen LogP contribution is -2.12. The van der Waals surface area contributed by atoms with Crippen molar-refractivity contribution in [2.45, 2.75) is 26.7 Å². The summed E-state index contributed by atoms with van der Waals surface area (Å²) in [7, 11) is 0. The molecule has 2 aromatic carbocycles. The lowest BCUT2D eigenvalue weighted by molar-refractivity contribution is -0.121. The van der Waals surface area contributed by atoms with Crippen molar-refractivity contribution in [1.29, 1.82) is 0 Å². The number of carbonyl (C=O) groups is 1. The standard InChI is InChI=1S/C16H18O/c1-3-12(2)16(17)11-14-9-6-8-13-7-4-5-10-15(13)14/h4-10,12H,3,11H2,1-2H3. The maximum atomic E-state index is 12.0. The molecule has 88 valence electrons. The first-order chi connectivity index (χ1) is 8.22. The third-order valence-corrected chi connectivity index (χ3v) is 3.41. The molecule has 0 radical (unpaired) electrons. The van der Waals surface area contributed by atoms with E-state index in [1.807, 2.05) is 25.1 Å². The molecule has 0 N–H and O–H groups in total. The van der Waals surface area contributed by atoms with Gasteiger partial charge in [0.25, 0.3) is 0 Å². The highest BCUT2D eigenvalue weighted by atomic mass is 16.1. The van der Waals surface area contributed by atoms with Crippen LogP contribution >= 0.6 is 0 Å². The van der Waals surface area contributed by atoms with Gasteiger partial charge >= 0.3 is 0 Å². The van der Waals surface area contributed by atoms with Crippen LogP contribution in [0, 0.1) is 5.92 Å². The normalized spacial score (nSPS) is 12.6. The van der Waals surface area contributed by atoms with E-state index in [9.17, 15) is 4.79 Å². The molecule has 0 spiro atoms. The van der Waals surface area contributed by atoms with Crippen LogP contribution in [-0.2, 0) is 11.2 Å². The van der Waals surface area contributed by atoms with Gasteiger partial charge in [-0.1, -0.05) is 56.3 Å². The summed E-state index contributed by atoms with van der Waals surface area (Å²) in [6.45, 7) is 4.07. The molecule has 0 saturated heterocycles. The summed E-state index contributed by atoms with van der Waals surface area (Å²) in [6, 6.07) is 14.4. The van der Waals surface area contributed by atoms with Gasteiger partial charge in [-0.3, -0.25) is 4.79 Å². The number of rotatable bonds is 4. The first-order valence-electron chi connectivity index (χ1n) is 6.21. The summed E-state index contributed by atoms with van der Waals surface area (Å²) in [6.07, 6.45) is 1.47. The Morgan fingerprint density at radius 1 is 1.12 bits per heavy atom. The first-order valence-corrected chi connectivity index (χ1v) is 6.21. The monoisotopic (exact) mass is 226 g/mol. The van der Waals surface area contributed by atoms with Crippen LogP contribution in [0.4, 0.5) is 0 Å². The molecule has 0 amide bonds. The largest absolute Gasteiger partial charge is 0.299 e. The van der Waals surface area contributed by atoms with E-state index >= 15 is 0 Å². The van der Waals surface area contributed by atoms with Crippen LogP contribution in [0.5, 0.6) is 0 Å². The predicted octanol–water partition coefficient (Wildman–Crippen LogP) is 4.00. The summed E-state index contributed by atoms with van der Waals surface area (Å²) in [4.78, 5) is 12.0. The molecule has 0 saturated carbocycles. The van der Waals surface area contributed by atoms with Crippen molar-refractivity contribution in [3.05, 3.63) is 48.0 Å². The zero-order chi connectivity index (χ0) is 12.3. The van der Waals surface area contributed by atoms with Crippen molar-refractivity contribution in [2.24, 2.45) is 5.92 Å². The molecule has 0 aromatic heterocycles. The van der Waals surface area contributed by atoms with Gasteiger partial charge in [-0.2, -0.15) is 0 Å². The second-order valence-corrected chi connectivity index (χ2v) is 4.59. The van der Waals surface area contributed by atoms with Gasteiger partial charge in [0.15, 0.2) is 0 Å². The summed E-state index contributed by atoms with van der Waals surface area (Å²) < 4.78 is 0. The van der Waals surface area contributed by atoms with Crippen LogP contribution in [0.2, 0.25) is 0 Å². The number of hydrogen-bond donors (Lipinski definition) is 0. The number of hydrogen-bond acceptors (Lipinski definition) is 1. The van der Waals surface area contributed by atoms with E-state index in [1.165, 1.54) is 10.8 Å². The smallest absolute Gasteiger partial charge is 0.140 e. The molecule has 1 nitrogen and oxygen atoms in total. The number of carbonyl (C=O) groups excluding carboxylic acids is 1. The zero-order valence-electron chi connectivity index (χ0n) is 10.4. The average Bonchev–Trinajstić information content (AvgIpc) is 2.38. The second kappa shape index (κ2) is 5.13. The van der Waals surface area contributed by atoms with Crippen LogP contribution in [-0.4, -0.2) is 5.78 Å². The molecule has 2 aromatic rings. The summed E-state index contributed by atoms with van der Waals surface area (Å²) in [5, 5.41) is 2.41. The van der Waals surface area contributed by atoms with Gasteiger partial charge in [0.2, 0.25) is 0 Å². The van der Waals surface area contributed by atoms with Gasteiger partial charge in [0.05, 0.1) is 0 Å². The van der Waals surface area contributed by atoms with Crippen molar-refractivity contribution in [2.75, 3.05) is 0 Å². The lowest BCUT2D eigenvalue weighted by Gasteiger charge is -2.09. The third kappa shape index (κ3) is 2.55. The van der Waals surface area contributed by atoms with E-state index < -0.39 is 0 Å². The Labute approximate surface area is 102 Å². The van der Waals surface area contributed by atoms with E-state index in [0.29, 0.717) is 12.2 Å². The lowest BCUT2D eigenvalue weighted by atomic mass is 9.94. The Morgan fingerprint density at radius 3 is 2.59 bits per heavy atom. The van der Waals surface area contributed by atoms with Gasteiger partial charge in [-0.05, 0) is 22.8 Å². The fraction of sp³-hybridized carbons (Fsp3) is 0.312. The van der Waals surface area contributed by atoms with E-state index in [4.69, 9.17) is 0 Å². The topological polar surface area (TPSA) is 17.1 Å². The SMILES string of the molecule is CCC(C)C(=O)Cc1cccc2ccccc12. The molecular formula is C16H18O. The Balaban J connectivity index is 2.33. The molecular weight excluding hydrogens is 208 g/mol. The highest BCUT2D eigenvalue weighted by Crippen LogP contribution is 2.20. The van der Waals surface area contributed by atoms with Crippen LogP contribution in [0.25, 0.3) is 10.8 Å². The number of ketones is 1. The molecule has 17 heavy (non-hydrogen) atoms. The molecule has 1 atom stereocenters. The van der Waals surface area contributed by atoms with Crippen LogP contribution in [0.15, 0.2) is 42.5 Å². The second-order valence-electron chi connectivity index (χ2n) is 4.59. The molecule has 0 aliphatic rings. The van der Waals surface area contributed by atoms with Crippen molar-refractivity contribution in [1.82, 2.24) is 0 Å². The maximum absolute atomic E-state index is 12.0. The van der Waals surface area contributed by atoms with E-state index in [2.05, 4.69) is 31.2 Å². The summed E-state index contributed by atoms with van der Waals surface area (Å²) in [5.74, 6) is 0.498. The van der Waals surface area contributed by atoms with E-state index in [1.54, 1.807) is 0 Å². The van der Waals surface area contributed by atoms with Crippen molar-refractivity contribution >= 4 is 16.6 Å². The molecule has 0 aliphatic carbocycles. The summed E-state index contributed by atoms with van der Waals surface area (Å²) >= 11 is 0. The Kier molecular flexibility index (Phi) is 3.58. The Bertz CT molecular complexity index is 523. The number of Topliss-reactive ketones (excluding diaryl/α,β-unsaturated/α-hetero) is 1. The van der Waals surface area contributed by atoms with Crippen LogP contribution in [0.1, 0.15) is 25.8 Å². The maximum Gasteiger partial charge on any atom is 0.140 e. The molecule has 0 aliphatic heterocycles. The van der Waals surface area contributed by atoms with Gasteiger partial charge in [0, 0.05) is 12.3 Å². The molecule has 2 rings (SSSR count). The van der Waals surface area contributed by atoms with Crippen LogP contribution in [0.3, 0.4) is 0 Å². The molecule has 1 heteroatoms. The molecule has 0 heterocycles. The summed E-state index contributed by atoms with van der Waals surface area (Å²) in [5.41, 5.74) is 1.15. The number of fused-ring (bicyclic) bond motifs is 1. The highest BCUT2D eigenvalue weighted by molar-refractivity contribution is 5.91. The van der Waals surface area contributed by atoms with Crippen molar-refractivity contribution in [3.8, 4) is 0 Å². The van der Waals surface area contributed by atoms with E-state index in [0.717, 1.165) is 12.0 Å². The first kappa shape index (κ1) is 11.8. The fourth-order valence-corrected chi connectivity index (χ4v) is 2.04. The minimum atomic E-state index is 0.161. The highest BCUT2D eigenvalue weighted by Gasteiger charge is 2.12. The Hall–Kier alpha value is -1.63. The quantitative estimate of drug-likeness (QED) is 0.770.